The highest BCUT2D eigenvalue weighted by Crippen LogP contribution is 2.31. The van der Waals surface area contributed by atoms with Crippen LogP contribution < -0.4 is 4.74 Å². The van der Waals surface area contributed by atoms with Crippen molar-refractivity contribution in [3.8, 4) is 17.1 Å². The van der Waals surface area contributed by atoms with Crippen LogP contribution in [0.1, 0.15) is 56.8 Å². The van der Waals surface area contributed by atoms with Crippen LogP contribution in [0.3, 0.4) is 0 Å². The molecule has 2 aromatic rings. The van der Waals surface area contributed by atoms with Gasteiger partial charge < -0.3 is 19.5 Å². The van der Waals surface area contributed by atoms with Crippen molar-refractivity contribution in [2.24, 2.45) is 13.0 Å². The Labute approximate surface area is 193 Å². The second kappa shape index (κ2) is 11.1. The summed E-state index contributed by atoms with van der Waals surface area (Å²) in [5.74, 6) is 0.0677. The number of hydrogen-bond acceptors (Lipinski definition) is 7. The van der Waals surface area contributed by atoms with E-state index in [9.17, 15) is 9.59 Å². The average Bonchev–Trinajstić information content (AvgIpc) is 3.13. The molecule has 0 radical (unpaired) electrons. The van der Waals surface area contributed by atoms with Gasteiger partial charge in [0, 0.05) is 27.1 Å². The van der Waals surface area contributed by atoms with E-state index in [1.54, 1.807) is 18.8 Å². The number of hydrogen-bond donors (Lipinski definition) is 1. The van der Waals surface area contributed by atoms with E-state index in [0.29, 0.717) is 35.1 Å². The Kier molecular flexibility index (Phi) is 8.24. The smallest absolute Gasteiger partial charge is 0.409 e. The number of aliphatic carboxylic acids is 1. The molecule has 3 rings (SSSR count). The van der Waals surface area contributed by atoms with Crippen molar-refractivity contribution in [1.29, 1.82) is 0 Å². The summed E-state index contributed by atoms with van der Waals surface area (Å²) in [6.07, 6.45) is 4.15. The number of carbonyl (C=O) groups excluding carboxylic acids is 1. The first-order chi connectivity index (χ1) is 15.8. The highest BCUT2D eigenvalue weighted by Gasteiger charge is 2.26. The van der Waals surface area contributed by atoms with E-state index < -0.39 is 12.1 Å². The van der Waals surface area contributed by atoms with Crippen LogP contribution >= 0.6 is 0 Å². The molecule has 1 amide bonds. The predicted octanol–water partition coefficient (Wildman–Crippen LogP) is 3.58. The number of aryl methyl sites for hydroxylation is 2. The van der Waals surface area contributed by atoms with Crippen LogP contribution in [-0.4, -0.2) is 61.7 Å². The maximum atomic E-state index is 12.1. The van der Waals surface area contributed by atoms with Gasteiger partial charge in [-0.1, -0.05) is 12.1 Å². The van der Waals surface area contributed by atoms with Crippen molar-refractivity contribution in [2.75, 3.05) is 13.6 Å². The van der Waals surface area contributed by atoms with E-state index in [1.165, 1.54) is 4.90 Å². The Morgan fingerprint density at radius 2 is 2.09 bits per heavy atom. The van der Waals surface area contributed by atoms with Gasteiger partial charge in [-0.3, -0.25) is 4.79 Å². The molecule has 0 aromatic carbocycles. The molecule has 0 aliphatic heterocycles. The first-order valence-corrected chi connectivity index (χ1v) is 11.4. The van der Waals surface area contributed by atoms with Gasteiger partial charge in [-0.2, -0.15) is 0 Å². The number of carbonyl (C=O) groups is 2. The molecule has 2 heterocycles. The Balaban J connectivity index is 1.69. The van der Waals surface area contributed by atoms with Gasteiger partial charge >= 0.3 is 12.1 Å². The molecule has 0 saturated heterocycles. The van der Waals surface area contributed by atoms with Crippen molar-refractivity contribution in [1.82, 2.24) is 24.9 Å². The van der Waals surface area contributed by atoms with Crippen LogP contribution in [-0.2, 0) is 23.2 Å². The lowest BCUT2D eigenvalue weighted by molar-refractivity contribution is -0.138. The van der Waals surface area contributed by atoms with Gasteiger partial charge in [-0.15, -0.1) is 5.10 Å². The average molecular weight is 460 g/mol. The van der Waals surface area contributed by atoms with E-state index in [2.05, 4.69) is 15.3 Å². The van der Waals surface area contributed by atoms with Crippen molar-refractivity contribution in [3.63, 3.8) is 0 Å². The molecule has 1 saturated carbocycles. The SMILES string of the molecule is CCCN(C)C(=O)OCc1c(-c2ccc(O[C@H]3CCC[C@H](CC(=O)O)C3)c(C)n2)nnn1C. The van der Waals surface area contributed by atoms with E-state index >= 15 is 0 Å². The summed E-state index contributed by atoms with van der Waals surface area (Å²) >= 11 is 0. The Morgan fingerprint density at radius 3 is 2.79 bits per heavy atom. The number of nitrogens with zero attached hydrogens (tertiary/aromatic N) is 5. The molecule has 2 atom stereocenters. The minimum absolute atomic E-state index is 0.0129. The summed E-state index contributed by atoms with van der Waals surface area (Å²) in [7, 11) is 3.45. The van der Waals surface area contributed by atoms with Gasteiger partial charge in [0.1, 0.15) is 23.7 Å². The van der Waals surface area contributed by atoms with Crippen molar-refractivity contribution >= 4 is 12.1 Å². The summed E-state index contributed by atoms with van der Waals surface area (Å²) in [4.78, 5) is 29.4. The topological polar surface area (TPSA) is 120 Å². The third-order valence-corrected chi connectivity index (χ3v) is 5.92. The van der Waals surface area contributed by atoms with E-state index in [1.807, 2.05) is 26.0 Å². The van der Waals surface area contributed by atoms with Crippen LogP contribution in [0.4, 0.5) is 4.79 Å². The van der Waals surface area contributed by atoms with E-state index in [0.717, 1.165) is 32.1 Å². The van der Waals surface area contributed by atoms with Gasteiger partial charge in [0.05, 0.1) is 17.5 Å². The lowest BCUT2D eigenvalue weighted by Gasteiger charge is -2.29. The zero-order valence-corrected chi connectivity index (χ0v) is 19.8. The molecular formula is C23H33N5O5. The maximum Gasteiger partial charge on any atom is 0.409 e. The van der Waals surface area contributed by atoms with Crippen LogP contribution in [0.2, 0.25) is 0 Å². The summed E-state index contributed by atoms with van der Waals surface area (Å²) in [5, 5.41) is 17.4. The number of ether oxygens (including phenoxy) is 2. The normalized spacial score (nSPS) is 18.1. The monoisotopic (exact) mass is 459 g/mol. The lowest BCUT2D eigenvalue weighted by atomic mass is 9.85. The first kappa shape index (κ1) is 24.5. The lowest BCUT2D eigenvalue weighted by Crippen LogP contribution is -2.28. The van der Waals surface area contributed by atoms with Crippen LogP contribution in [0.25, 0.3) is 11.4 Å². The quantitative estimate of drug-likeness (QED) is 0.604. The zero-order chi connectivity index (χ0) is 24.0. The third kappa shape index (κ3) is 6.43. The van der Waals surface area contributed by atoms with Crippen LogP contribution in [0, 0.1) is 12.8 Å². The number of aromatic nitrogens is 4. The van der Waals surface area contributed by atoms with Gasteiger partial charge in [0.2, 0.25) is 0 Å². The molecule has 0 spiro atoms. The van der Waals surface area contributed by atoms with Gasteiger partial charge in [0.15, 0.2) is 0 Å². The number of rotatable bonds is 9. The van der Waals surface area contributed by atoms with Gasteiger partial charge in [-0.25, -0.2) is 14.5 Å². The van der Waals surface area contributed by atoms with Gasteiger partial charge in [-0.05, 0) is 57.1 Å². The molecule has 1 aliphatic carbocycles. The fourth-order valence-electron chi connectivity index (χ4n) is 4.17. The van der Waals surface area contributed by atoms with E-state index in [4.69, 9.17) is 14.6 Å². The zero-order valence-electron chi connectivity index (χ0n) is 19.8. The molecule has 0 unspecified atom stereocenters. The second-order valence-electron chi connectivity index (χ2n) is 8.63. The molecule has 1 aliphatic rings. The first-order valence-electron chi connectivity index (χ1n) is 11.4. The fraction of sp³-hybridized carbons (Fsp3) is 0.609. The molecule has 2 aromatic heterocycles. The minimum atomic E-state index is -0.759. The molecule has 10 nitrogen and oxygen atoms in total. The van der Waals surface area contributed by atoms with Crippen molar-refractivity contribution in [2.45, 2.75) is 65.1 Å². The molecule has 10 heteroatoms. The number of amides is 1. The summed E-state index contributed by atoms with van der Waals surface area (Å²) in [6.45, 7) is 4.52. The predicted molar refractivity (Wildman–Crippen MR) is 121 cm³/mol. The third-order valence-electron chi connectivity index (χ3n) is 5.92. The molecule has 1 fully saturated rings. The Hall–Kier alpha value is -3.17. The number of pyridine rings is 1. The number of carboxylic acid groups (broad SMARTS) is 1. The number of carboxylic acids is 1. The fourth-order valence-corrected chi connectivity index (χ4v) is 4.17. The second-order valence-corrected chi connectivity index (χ2v) is 8.63. The summed E-state index contributed by atoms with van der Waals surface area (Å²) in [6, 6.07) is 3.68. The molecule has 33 heavy (non-hydrogen) atoms. The molecular weight excluding hydrogens is 426 g/mol. The Morgan fingerprint density at radius 1 is 1.30 bits per heavy atom. The van der Waals surface area contributed by atoms with E-state index in [-0.39, 0.29) is 25.0 Å². The highest BCUT2D eigenvalue weighted by atomic mass is 16.6. The molecule has 0 bridgehead atoms. The van der Waals surface area contributed by atoms with Crippen LogP contribution in [0.5, 0.6) is 5.75 Å². The Bertz CT molecular complexity index is 976. The highest BCUT2D eigenvalue weighted by molar-refractivity contribution is 5.67. The molecule has 180 valence electrons. The van der Waals surface area contributed by atoms with Gasteiger partial charge in [0.25, 0.3) is 0 Å². The largest absolute Gasteiger partial charge is 0.489 e. The summed E-state index contributed by atoms with van der Waals surface area (Å²) < 4.78 is 13.2. The van der Waals surface area contributed by atoms with Crippen LogP contribution in [0.15, 0.2) is 12.1 Å². The minimum Gasteiger partial charge on any atom is -0.489 e. The summed E-state index contributed by atoms with van der Waals surface area (Å²) in [5.41, 5.74) is 2.53. The maximum absolute atomic E-state index is 12.1. The molecule has 1 N–H and O–H groups in total. The standard InChI is InChI=1S/C23H33N5O5/c1-5-11-27(3)23(31)32-14-19-22(25-26-28(19)4)18-9-10-20(15(2)24-18)33-17-8-6-7-16(12-17)13-21(29)30/h9-10,16-17H,5-8,11-14H2,1-4H3,(H,29,30)/t16-,17-/m0/s1. The van der Waals surface area contributed by atoms with Crippen molar-refractivity contribution < 1.29 is 24.2 Å². The van der Waals surface area contributed by atoms with Crippen molar-refractivity contribution in [3.05, 3.63) is 23.5 Å².